The van der Waals surface area contributed by atoms with E-state index in [4.69, 9.17) is 8.85 Å². The summed E-state index contributed by atoms with van der Waals surface area (Å²) in [6.45, 7) is 7.49. The van der Waals surface area contributed by atoms with Crippen LogP contribution >= 0.6 is 0 Å². The predicted molar refractivity (Wildman–Crippen MR) is 48.6 cm³/mol. The molecular formula is C7H19NO2Si. The molecular weight excluding hydrogens is 158 g/mol. The van der Waals surface area contributed by atoms with Crippen LogP contribution in [0.4, 0.5) is 0 Å². The molecule has 0 heterocycles. The Kier molecular flexibility index (Phi) is 4.91. The zero-order valence-corrected chi connectivity index (χ0v) is 9.18. The third kappa shape index (κ3) is 3.33. The maximum absolute atomic E-state index is 5.57. The standard InChI is InChI=1S/C7H19NO2Si/c1-6-9-11(5,8(3)4)10-7-2/h6-7H2,1-5H3. The van der Waals surface area contributed by atoms with Crippen molar-refractivity contribution in [3.8, 4) is 0 Å². The van der Waals surface area contributed by atoms with Crippen molar-refractivity contribution in [1.82, 2.24) is 4.57 Å². The van der Waals surface area contributed by atoms with Crippen molar-refractivity contribution in [1.29, 1.82) is 0 Å². The van der Waals surface area contributed by atoms with Crippen molar-refractivity contribution in [3.63, 3.8) is 0 Å². The summed E-state index contributed by atoms with van der Waals surface area (Å²) in [7, 11) is 2.00. The van der Waals surface area contributed by atoms with Gasteiger partial charge < -0.3 is 8.85 Å². The van der Waals surface area contributed by atoms with E-state index in [-0.39, 0.29) is 0 Å². The van der Waals surface area contributed by atoms with Gasteiger partial charge in [-0.1, -0.05) is 0 Å². The zero-order valence-electron chi connectivity index (χ0n) is 8.18. The lowest BCUT2D eigenvalue weighted by Gasteiger charge is -2.31. The first-order valence-corrected chi connectivity index (χ1v) is 6.28. The first kappa shape index (κ1) is 11.1. The summed E-state index contributed by atoms with van der Waals surface area (Å²) in [5, 5.41) is 0. The quantitative estimate of drug-likeness (QED) is 0.589. The average Bonchev–Trinajstić information content (AvgIpc) is 1.88. The summed E-state index contributed by atoms with van der Waals surface area (Å²) in [5.74, 6) is 0. The van der Waals surface area contributed by atoms with Crippen molar-refractivity contribution < 1.29 is 8.85 Å². The molecule has 0 rings (SSSR count). The van der Waals surface area contributed by atoms with E-state index in [1.165, 1.54) is 0 Å². The molecule has 0 aromatic heterocycles. The first-order valence-electron chi connectivity index (χ1n) is 4.02. The van der Waals surface area contributed by atoms with Crippen molar-refractivity contribution in [3.05, 3.63) is 0 Å². The van der Waals surface area contributed by atoms with E-state index in [1.807, 2.05) is 27.9 Å². The second-order valence-corrected chi connectivity index (χ2v) is 5.93. The van der Waals surface area contributed by atoms with Crippen LogP contribution in [0.15, 0.2) is 0 Å². The Morgan fingerprint density at radius 1 is 1.09 bits per heavy atom. The molecule has 0 aromatic carbocycles. The van der Waals surface area contributed by atoms with E-state index in [0.29, 0.717) is 0 Å². The Labute approximate surface area is 70.6 Å². The van der Waals surface area contributed by atoms with Gasteiger partial charge >= 0.3 is 8.72 Å². The minimum atomic E-state index is -1.99. The molecule has 0 radical (unpaired) electrons. The molecule has 0 saturated heterocycles. The van der Waals surface area contributed by atoms with E-state index >= 15 is 0 Å². The van der Waals surface area contributed by atoms with Gasteiger partial charge in [-0.3, -0.25) is 4.57 Å². The first-order chi connectivity index (χ1) is 5.06. The van der Waals surface area contributed by atoms with Crippen LogP contribution < -0.4 is 0 Å². The Bertz CT molecular complexity index is 103. The normalized spacial score (nSPS) is 12.5. The molecule has 0 amide bonds. The fourth-order valence-electron chi connectivity index (χ4n) is 0.835. The number of nitrogens with zero attached hydrogens (tertiary/aromatic N) is 1. The maximum Gasteiger partial charge on any atom is 0.424 e. The van der Waals surface area contributed by atoms with Crippen molar-refractivity contribution in [2.45, 2.75) is 20.4 Å². The molecule has 0 saturated carbocycles. The molecule has 0 bridgehead atoms. The maximum atomic E-state index is 5.57. The van der Waals surface area contributed by atoms with Crippen LogP contribution in [0.5, 0.6) is 0 Å². The lowest BCUT2D eigenvalue weighted by atomic mass is 10.9. The molecule has 4 heteroatoms. The lowest BCUT2D eigenvalue weighted by molar-refractivity contribution is 0.145. The van der Waals surface area contributed by atoms with E-state index < -0.39 is 8.72 Å². The van der Waals surface area contributed by atoms with Crippen molar-refractivity contribution in [2.75, 3.05) is 27.3 Å². The highest BCUT2D eigenvalue weighted by Gasteiger charge is 2.34. The van der Waals surface area contributed by atoms with Crippen LogP contribution in [0.1, 0.15) is 13.8 Å². The van der Waals surface area contributed by atoms with E-state index in [1.54, 1.807) is 0 Å². The monoisotopic (exact) mass is 177 g/mol. The number of rotatable bonds is 5. The van der Waals surface area contributed by atoms with Crippen LogP contribution in [-0.4, -0.2) is 40.6 Å². The Morgan fingerprint density at radius 3 is 1.64 bits per heavy atom. The SMILES string of the molecule is CCO[Si](C)(OCC)N(C)C. The van der Waals surface area contributed by atoms with Crippen molar-refractivity contribution >= 4 is 8.72 Å². The van der Waals surface area contributed by atoms with Gasteiger partial charge in [0.1, 0.15) is 0 Å². The van der Waals surface area contributed by atoms with Crippen LogP contribution in [0, 0.1) is 0 Å². The third-order valence-electron chi connectivity index (χ3n) is 1.64. The number of hydrogen-bond donors (Lipinski definition) is 0. The summed E-state index contributed by atoms with van der Waals surface area (Å²) in [4.78, 5) is 0. The van der Waals surface area contributed by atoms with Gasteiger partial charge in [0.2, 0.25) is 0 Å². The molecule has 0 aromatic rings. The minimum absolute atomic E-state index is 0.723. The molecule has 0 atom stereocenters. The van der Waals surface area contributed by atoms with Gasteiger partial charge in [0.05, 0.1) is 0 Å². The van der Waals surface area contributed by atoms with E-state index in [2.05, 4.69) is 11.1 Å². The molecule has 68 valence electrons. The highest BCUT2D eigenvalue weighted by Crippen LogP contribution is 2.08. The molecule has 11 heavy (non-hydrogen) atoms. The lowest BCUT2D eigenvalue weighted by Crippen LogP contribution is -2.52. The smallest absolute Gasteiger partial charge is 0.383 e. The molecule has 0 N–H and O–H groups in total. The summed E-state index contributed by atoms with van der Waals surface area (Å²) < 4.78 is 13.2. The molecule has 0 fully saturated rings. The summed E-state index contributed by atoms with van der Waals surface area (Å²) >= 11 is 0. The largest absolute Gasteiger partial charge is 0.424 e. The van der Waals surface area contributed by atoms with Gasteiger partial charge in [0.25, 0.3) is 0 Å². The van der Waals surface area contributed by atoms with E-state index in [9.17, 15) is 0 Å². The van der Waals surface area contributed by atoms with Gasteiger partial charge in [-0.25, -0.2) is 0 Å². The molecule has 0 aliphatic rings. The zero-order chi connectivity index (χ0) is 8.91. The van der Waals surface area contributed by atoms with E-state index in [0.717, 1.165) is 13.2 Å². The highest BCUT2D eigenvalue weighted by molar-refractivity contribution is 6.62. The van der Waals surface area contributed by atoms with Crippen LogP contribution in [0.3, 0.4) is 0 Å². The third-order valence-corrected chi connectivity index (χ3v) is 4.91. The summed E-state index contributed by atoms with van der Waals surface area (Å²) in [5.41, 5.74) is 0. The fourth-order valence-corrected chi connectivity index (χ4v) is 2.51. The topological polar surface area (TPSA) is 21.7 Å². The van der Waals surface area contributed by atoms with Crippen molar-refractivity contribution in [2.24, 2.45) is 0 Å². The van der Waals surface area contributed by atoms with Gasteiger partial charge in [-0.2, -0.15) is 0 Å². The summed E-state index contributed by atoms with van der Waals surface area (Å²) in [6.07, 6.45) is 0. The van der Waals surface area contributed by atoms with Crippen LogP contribution in [0.25, 0.3) is 0 Å². The van der Waals surface area contributed by atoms with Crippen LogP contribution in [0.2, 0.25) is 6.55 Å². The number of hydrogen-bond acceptors (Lipinski definition) is 3. The second kappa shape index (κ2) is 4.87. The molecule has 0 aliphatic carbocycles. The summed E-state index contributed by atoms with van der Waals surface area (Å²) in [6, 6.07) is 0. The molecule has 0 spiro atoms. The average molecular weight is 177 g/mol. The Morgan fingerprint density at radius 2 is 1.45 bits per heavy atom. The Hall–Kier alpha value is 0.0969. The fraction of sp³-hybridized carbons (Fsp3) is 1.00. The van der Waals surface area contributed by atoms with Gasteiger partial charge in [0, 0.05) is 13.2 Å². The van der Waals surface area contributed by atoms with Gasteiger partial charge in [-0.05, 0) is 34.5 Å². The van der Waals surface area contributed by atoms with Gasteiger partial charge in [-0.15, -0.1) is 0 Å². The van der Waals surface area contributed by atoms with Crippen LogP contribution in [-0.2, 0) is 8.85 Å². The second-order valence-electron chi connectivity index (χ2n) is 2.66. The Balaban J connectivity index is 4.01. The minimum Gasteiger partial charge on any atom is -0.383 e. The van der Waals surface area contributed by atoms with Gasteiger partial charge in [0.15, 0.2) is 0 Å². The predicted octanol–water partition coefficient (Wildman–Crippen LogP) is 1.19. The molecule has 3 nitrogen and oxygen atoms in total. The highest BCUT2D eigenvalue weighted by atomic mass is 28.4. The molecule has 0 aliphatic heterocycles. The molecule has 0 unspecified atom stereocenters.